The van der Waals surface area contributed by atoms with Gasteiger partial charge in [-0.1, -0.05) is 23.9 Å². The minimum atomic E-state index is -0.0255. The molecular weight excluding hydrogens is 344 g/mol. The first kappa shape index (κ1) is 15.3. The van der Waals surface area contributed by atoms with Gasteiger partial charge in [0.05, 0.1) is 10.2 Å². The van der Waals surface area contributed by atoms with Crippen LogP contribution in [0.15, 0.2) is 46.8 Å². The molecule has 7 heteroatoms. The van der Waals surface area contributed by atoms with Crippen molar-refractivity contribution >= 4 is 44.9 Å². The molecule has 0 aliphatic carbocycles. The molecule has 0 unspecified atom stereocenters. The molecule has 122 valence electrons. The summed E-state index contributed by atoms with van der Waals surface area (Å²) in [5.41, 5.74) is 1.73. The van der Waals surface area contributed by atoms with E-state index in [0.29, 0.717) is 29.4 Å². The van der Waals surface area contributed by atoms with Crippen LogP contribution in [0.3, 0.4) is 0 Å². The Morgan fingerprint density at radius 1 is 1.21 bits per heavy atom. The van der Waals surface area contributed by atoms with Crippen LogP contribution in [0.4, 0.5) is 5.69 Å². The maximum Gasteiger partial charge on any atom is 0.231 e. The summed E-state index contributed by atoms with van der Waals surface area (Å²) < 4.78 is 12.7. The molecule has 0 fully saturated rings. The van der Waals surface area contributed by atoms with Crippen LogP contribution in [-0.4, -0.2) is 23.4 Å². The summed E-state index contributed by atoms with van der Waals surface area (Å²) in [5, 5.41) is 2.88. The summed E-state index contributed by atoms with van der Waals surface area (Å²) in [6.45, 7) is 0.228. The monoisotopic (exact) mass is 358 g/mol. The van der Waals surface area contributed by atoms with Crippen molar-refractivity contribution in [2.24, 2.45) is 0 Å². The fourth-order valence-electron chi connectivity index (χ4n) is 2.34. The molecule has 2 aromatic carbocycles. The van der Waals surface area contributed by atoms with E-state index in [1.165, 1.54) is 4.70 Å². The Balaban J connectivity index is 1.30. The molecule has 0 spiro atoms. The number of nitrogens with zero attached hydrogens (tertiary/aromatic N) is 1. The number of rotatable bonds is 5. The highest BCUT2D eigenvalue weighted by Crippen LogP contribution is 2.34. The van der Waals surface area contributed by atoms with Crippen LogP contribution < -0.4 is 14.8 Å². The molecule has 1 aliphatic heterocycles. The van der Waals surface area contributed by atoms with Crippen molar-refractivity contribution in [1.29, 1.82) is 0 Å². The van der Waals surface area contributed by atoms with Crippen LogP contribution in [0.1, 0.15) is 6.42 Å². The molecule has 0 bridgehead atoms. The number of ether oxygens (including phenoxy) is 2. The molecule has 2 heterocycles. The van der Waals surface area contributed by atoms with Crippen LogP contribution in [0.2, 0.25) is 0 Å². The highest BCUT2D eigenvalue weighted by molar-refractivity contribution is 8.01. The lowest BCUT2D eigenvalue weighted by molar-refractivity contribution is -0.115. The third-order valence-corrected chi connectivity index (χ3v) is 5.67. The van der Waals surface area contributed by atoms with Crippen molar-refractivity contribution in [3.63, 3.8) is 0 Å². The average Bonchev–Trinajstić information content (AvgIpc) is 3.20. The first-order chi connectivity index (χ1) is 11.8. The molecule has 4 rings (SSSR count). The van der Waals surface area contributed by atoms with E-state index < -0.39 is 0 Å². The number of amides is 1. The molecule has 3 aromatic rings. The topological polar surface area (TPSA) is 60.5 Å². The minimum absolute atomic E-state index is 0.0255. The Kier molecular flexibility index (Phi) is 4.27. The minimum Gasteiger partial charge on any atom is -0.454 e. The smallest absolute Gasteiger partial charge is 0.231 e. The number of anilines is 1. The van der Waals surface area contributed by atoms with Gasteiger partial charge in [-0.05, 0) is 24.3 Å². The Morgan fingerprint density at radius 3 is 3.00 bits per heavy atom. The third-order valence-electron chi connectivity index (χ3n) is 3.49. The number of benzene rings is 2. The Morgan fingerprint density at radius 2 is 2.08 bits per heavy atom. The molecule has 0 radical (unpaired) electrons. The van der Waals surface area contributed by atoms with Crippen molar-refractivity contribution in [2.45, 2.75) is 10.8 Å². The predicted octanol–water partition coefficient (Wildman–Crippen LogP) is 4.15. The molecule has 0 saturated carbocycles. The third kappa shape index (κ3) is 3.32. The lowest BCUT2D eigenvalue weighted by Gasteiger charge is -2.05. The number of thioether (sulfide) groups is 1. The van der Waals surface area contributed by atoms with E-state index in [-0.39, 0.29) is 12.7 Å². The van der Waals surface area contributed by atoms with Gasteiger partial charge in [-0.2, -0.15) is 0 Å². The summed E-state index contributed by atoms with van der Waals surface area (Å²) in [6.07, 6.45) is 0.426. The number of nitrogens with one attached hydrogen (secondary N) is 1. The Bertz CT molecular complexity index is 861. The number of para-hydroxylation sites is 1. The van der Waals surface area contributed by atoms with E-state index in [9.17, 15) is 4.79 Å². The molecule has 0 saturated heterocycles. The molecule has 1 amide bonds. The van der Waals surface area contributed by atoms with Gasteiger partial charge < -0.3 is 14.8 Å². The first-order valence-electron chi connectivity index (χ1n) is 7.46. The SMILES string of the molecule is O=C(CCSc1nc2ccccc2s1)Nc1ccc2c(c1)OCO2. The van der Waals surface area contributed by atoms with Gasteiger partial charge in [0.15, 0.2) is 15.8 Å². The largest absolute Gasteiger partial charge is 0.454 e. The van der Waals surface area contributed by atoms with Crippen molar-refractivity contribution in [3.05, 3.63) is 42.5 Å². The maximum atomic E-state index is 12.1. The van der Waals surface area contributed by atoms with E-state index in [2.05, 4.69) is 16.4 Å². The highest BCUT2D eigenvalue weighted by atomic mass is 32.2. The number of carbonyl (C=O) groups excluding carboxylic acids is 1. The second-order valence-electron chi connectivity index (χ2n) is 5.16. The number of aromatic nitrogens is 1. The summed E-state index contributed by atoms with van der Waals surface area (Å²) >= 11 is 3.26. The number of hydrogen-bond acceptors (Lipinski definition) is 6. The molecule has 0 atom stereocenters. The quantitative estimate of drug-likeness (QED) is 0.695. The molecule has 5 nitrogen and oxygen atoms in total. The lowest BCUT2D eigenvalue weighted by atomic mass is 10.2. The molecule has 1 aromatic heterocycles. The molecule has 24 heavy (non-hydrogen) atoms. The fourth-order valence-corrected chi connectivity index (χ4v) is 4.42. The zero-order chi connectivity index (χ0) is 16.4. The summed E-state index contributed by atoms with van der Waals surface area (Å²) in [5.74, 6) is 2.04. The first-order valence-corrected chi connectivity index (χ1v) is 9.26. The highest BCUT2D eigenvalue weighted by Gasteiger charge is 2.14. The summed E-state index contributed by atoms with van der Waals surface area (Å²) in [6, 6.07) is 13.4. The van der Waals surface area contributed by atoms with E-state index in [4.69, 9.17) is 9.47 Å². The van der Waals surface area contributed by atoms with Gasteiger partial charge in [-0.15, -0.1) is 11.3 Å². The van der Waals surface area contributed by atoms with E-state index in [1.54, 1.807) is 35.2 Å². The second-order valence-corrected chi connectivity index (χ2v) is 7.53. The number of carbonyl (C=O) groups is 1. The van der Waals surface area contributed by atoms with E-state index in [1.807, 2.05) is 24.3 Å². The summed E-state index contributed by atoms with van der Waals surface area (Å²) in [4.78, 5) is 16.6. The van der Waals surface area contributed by atoms with Gasteiger partial charge in [0.2, 0.25) is 12.7 Å². The van der Waals surface area contributed by atoms with Gasteiger partial charge in [-0.25, -0.2) is 4.98 Å². The van der Waals surface area contributed by atoms with Crippen LogP contribution in [0, 0.1) is 0 Å². The lowest BCUT2D eigenvalue weighted by Crippen LogP contribution is -2.12. The van der Waals surface area contributed by atoms with Gasteiger partial charge >= 0.3 is 0 Å². The van der Waals surface area contributed by atoms with Crippen molar-refractivity contribution in [3.8, 4) is 11.5 Å². The van der Waals surface area contributed by atoms with Crippen molar-refractivity contribution in [2.75, 3.05) is 17.9 Å². The van der Waals surface area contributed by atoms with E-state index >= 15 is 0 Å². The van der Waals surface area contributed by atoms with Gasteiger partial charge in [-0.3, -0.25) is 4.79 Å². The summed E-state index contributed by atoms with van der Waals surface area (Å²) in [7, 11) is 0. The molecule has 1 aliphatic rings. The Hall–Kier alpha value is -2.25. The van der Waals surface area contributed by atoms with Crippen molar-refractivity contribution < 1.29 is 14.3 Å². The Labute approximate surface area is 147 Å². The second kappa shape index (κ2) is 6.70. The van der Waals surface area contributed by atoms with Crippen LogP contribution in [0.5, 0.6) is 11.5 Å². The maximum absolute atomic E-state index is 12.1. The predicted molar refractivity (Wildman–Crippen MR) is 96.2 cm³/mol. The van der Waals surface area contributed by atoms with Gasteiger partial charge in [0.1, 0.15) is 0 Å². The van der Waals surface area contributed by atoms with E-state index in [0.717, 1.165) is 9.86 Å². The molecule has 1 N–H and O–H groups in total. The number of hydrogen-bond donors (Lipinski definition) is 1. The normalized spacial score (nSPS) is 12.5. The van der Waals surface area contributed by atoms with Crippen LogP contribution in [-0.2, 0) is 4.79 Å². The number of fused-ring (bicyclic) bond motifs is 2. The van der Waals surface area contributed by atoms with Gasteiger partial charge in [0.25, 0.3) is 0 Å². The van der Waals surface area contributed by atoms with Crippen LogP contribution >= 0.6 is 23.1 Å². The standard InChI is InChI=1S/C17H14N2O3S2/c20-16(18-11-5-6-13-14(9-11)22-10-21-13)7-8-23-17-19-12-3-1-2-4-15(12)24-17/h1-6,9H,7-8,10H2,(H,18,20). The fraction of sp³-hybridized carbons (Fsp3) is 0.176. The van der Waals surface area contributed by atoms with Crippen LogP contribution in [0.25, 0.3) is 10.2 Å². The molecular formula is C17H14N2O3S2. The van der Waals surface area contributed by atoms with Gasteiger partial charge in [0, 0.05) is 23.9 Å². The number of thiazole rings is 1. The average molecular weight is 358 g/mol. The zero-order valence-corrected chi connectivity index (χ0v) is 14.3. The van der Waals surface area contributed by atoms with Crippen molar-refractivity contribution in [1.82, 2.24) is 4.98 Å². The zero-order valence-electron chi connectivity index (χ0n) is 12.7.